The van der Waals surface area contributed by atoms with Crippen LogP contribution >= 0.6 is 11.6 Å². The number of imidazole rings is 1. The van der Waals surface area contributed by atoms with E-state index in [2.05, 4.69) is 15.0 Å². The Kier molecular flexibility index (Phi) is 4.94. The third-order valence-corrected chi connectivity index (χ3v) is 4.71. The van der Waals surface area contributed by atoms with Crippen molar-refractivity contribution in [3.05, 3.63) is 53.4 Å². The SMILES string of the molecule is Cc1nc2ccc(-c3cc(N)nc(N)c3)nc2n1CC(C)Oc1ncccc1Cl. The average molecular weight is 410 g/mol. The molecule has 29 heavy (non-hydrogen) atoms. The Balaban J connectivity index is 1.67. The van der Waals surface area contributed by atoms with Gasteiger partial charge in [-0.2, -0.15) is 0 Å². The number of nitrogens with two attached hydrogens (primary N) is 2. The predicted octanol–water partition coefficient (Wildman–Crippen LogP) is 3.48. The van der Waals surface area contributed by atoms with E-state index < -0.39 is 0 Å². The van der Waals surface area contributed by atoms with Gasteiger partial charge in [-0.15, -0.1) is 0 Å². The van der Waals surface area contributed by atoms with E-state index in [1.165, 1.54) is 0 Å². The number of anilines is 2. The minimum atomic E-state index is -0.198. The monoisotopic (exact) mass is 409 g/mol. The van der Waals surface area contributed by atoms with E-state index in [0.29, 0.717) is 29.1 Å². The van der Waals surface area contributed by atoms with Gasteiger partial charge >= 0.3 is 0 Å². The highest BCUT2D eigenvalue weighted by molar-refractivity contribution is 6.31. The molecule has 1 unspecified atom stereocenters. The minimum absolute atomic E-state index is 0.198. The van der Waals surface area contributed by atoms with Crippen LogP contribution in [0.15, 0.2) is 42.6 Å². The molecule has 0 radical (unpaired) electrons. The quantitative estimate of drug-likeness (QED) is 0.518. The number of hydrogen-bond donors (Lipinski definition) is 2. The van der Waals surface area contributed by atoms with Gasteiger partial charge in [-0.1, -0.05) is 11.6 Å². The lowest BCUT2D eigenvalue weighted by molar-refractivity contribution is 0.192. The summed E-state index contributed by atoms with van der Waals surface area (Å²) in [6.45, 7) is 4.42. The van der Waals surface area contributed by atoms with Crippen LogP contribution in [0.4, 0.5) is 11.6 Å². The highest BCUT2D eigenvalue weighted by Crippen LogP contribution is 2.25. The van der Waals surface area contributed by atoms with Gasteiger partial charge in [0.2, 0.25) is 5.88 Å². The van der Waals surface area contributed by atoms with Gasteiger partial charge in [0.25, 0.3) is 0 Å². The van der Waals surface area contributed by atoms with Crippen LogP contribution in [0.25, 0.3) is 22.4 Å². The van der Waals surface area contributed by atoms with E-state index >= 15 is 0 Å². The Bertz CT molecular complexity index is 1170. The number of nitrogen functional groups attached to an aromatic ring is 2. The topological polar surface area (TPSA) is 118 Å². The molecule has 148 valence electrons. The maximum absolute atomic E-state index is 6.15. The highest BCUT2D eigenvalue weighted by Gasteiger charge is 2.16. The molecule has 0 spiro atoms. The lowest BCUT2D eigenvalue weighted by Crippen LogP contribution is -2.21. The largest absolute Gasteiger partial charge is 0.472 e. The summed E-state index contributed by atoms with van der Waals surface area (Å²) in [5.41, 5.74) is 14.7. The summed E-state index contributed by atoms with van der Waals surface area (Å²) in [6.07, 6.45) is 1.45. The lowest BCUT2D eigenvalue weighted by Gasteiger charge is -2.16. The van der Waals surface area contributed by atoms with E-state index in [1.807, 2.05) is 30.5 Å². The van der Waals surface area contributed by atoms with Crippen LogP contribution in [0, 0.1) is 6.92 Å². The van der Waals surface area contributed by atoms with Gasteiger partial charge in [0.1, 0.15) is 34.1 Å². The van der Waals surface area contributed by atoms with Crippen molar-refractivity contribution in [2.45, 2.75) is 26.5 Å². The van der Waals surface area contributed by atoms with E-state index in [9.17, 15) is 0 Å². The van der Waals surface area contributed by atoms with Gasteiger partial charge in [-0.3, -0.25) is 0 Å². The second-order valence-corrected chi connectivity index (χ2v) is 7.14. The first kappa shape index (κ1) is 18.9. The minimum Gasteiger partial charge on any atom is -0.472 e. The second kappa shape index (κ2) is 7.56. The number of hydrogen-bond acceptors (Lipinski definition) is 7. The predicted molar refractivity (Wildman–Crippen MR) is 114 cm³/mol. The van der Waals surface area contributed by atoms with Crippen molar-refractivity contribution in [2.75, 3.05) is 11.5 Å². The van der Waals surface area contributed by atoms with Crippen molar-refractivity contribution < 1.29 is 4.74 Å². The molecule has 4 aromatic heterocycles. The standard InChI is InChI=1S/C20H20ClN7O/c1-11(29-20-14(21)4-3-7-24-20)10-28-12(2)25-16-6-5-15(26-19(16)28)13-8-17(22)27-18(23)9-13/h3-9,11H,10H2,1-2H3,(H4,22,23,27). The Morgan fingerprint density at radius 1 is 1.10 bits per heavy atom. The summed E-state index contributed by atoms with van der Waals surface area (Å²) >= 11 is 6.15. The third-order valence-electron chi connectivity index (χ3n) is 4.42. The molecule has 0 aliphatic carbocycles. The van der Waals surface area contributed by atoms with Crippen LogP contribution in [0.1, 0.15) is 12.7 Å². The van der Waals surface area contributed by atoms with E-state index in [0.717, 1.165) is 28.2 Å². The van der Waals surface area contributed by atoms with Gasteiger partial charge in [0.05, 0.1) is 12.2 Å². The number of aryl methyl sites for hydroxylation is 1. The zero-order valence-electron chi connectivity index (χ0n) is 16.0. The van der Waals surface area contributed by atoms with Crippen LogP contribution in [-0.4, -0.2) is 30.6 Å². The highest BCUT2D eigenvalue weighted by atomic mass is 35.5. The van der Waals surface area contributed by atoms with Crippen molar-refractivity contribution in [2.24, 2.45) is 0 Å². The van der Waals surface area contributed by atoms with Crippen LogP contribution in [0.2, 0.25) is 5.02 Å². The van der Waals surface area contributed by atoms with Crippen molar-refractivity contribution in [3.63, 3.8) is 0 Å². The Morgan fingerprint density at radius 2 is 1.86 bits per heavy atom. The van der Waals surface area contributed by atoms with Gasteiger partial charge in [-0.25, -0.2) is 19.9 Å². The smallest absolute Gasteiger partial charge is 0.232 e. The molecule has 0 aromatic carbocycles. The molecule has 4 aromatic rings. The molecule has 9 heteroatoms. The lowest BCUT2D eigenvalue weighted by atomic mass is 10.1. The molecule has 0 amide bonds. The first-order valence-electron chi connectivity index (χ1n) is 9.05. The molecule has 4 rings (SSSR count). The van der Waals surface area contributed by atoms with Crippen LogP contribution in [-0.2, 0) is 6.54 Å². The molecule has 0 aliphatic heterocycles. The van der Waals surface area contributed by atoms with Crippen molar-refractivity contribution in [1.29, 1.82) is 0 Å². The van der Waals surface area contributed by atoms with Crippen molar-refractivity contribution >= 4 is 34.4 Å². The van der Waals surface area contributed by atoms with Gasteiger partial charge in [0, 0.05) is 11.8 Å². The third kappa shape index (κ3) is 3.93. The van der Waals surface area contributed by atoms with Crippen LogP contribution < -0.4 is 16.2 Å². The van der Waals surface area contributed by atoms with Crippen molar-refractivity contribution in [3.8, 4) is 17.1 Å². The summed E-state index contributed by atoms with van der Waals surface area (Å²) in [7, 11) is 0. The van der Waals surface area contributed by atoms with Gasteiger partial charge < -0.3 is 20.8 Å². The average Bonchev–Trinajstić information content (AvgIpc) is 2.97. The molecule has 1 atom stereocenters. The molecule has 0 saturated carbocycles. The van der Waals surface area contributed by atoms with E-state index in [4.69, 9.17) is 32.8 Å². The number of pyridine rings is 3. The maximum atomic E-state index is 6.15. The first-order valence-corrected chi connectivity index (χ1v) is 9.43. The molecule has 4 heterocycles. The van der Waals surface area contributed by atoms with E-state index in [1.54, 1.807) is 30.5 Å². The Morgan fingerprint density at radius 3 is 2.59 bits per heavy atom. The number of nitrogens with zero attached hydrogens (tertiary/aromatic N) is 5. The normalized spacial score (nSPS) is 12.2. The first-order chi connectivity index (χ1) is 13.9. The molecule has 4 N–H and O–H groups in total. The Hall–Kier alpha value is -3.39. The molecular formula is C20H20ClN7O. The summed E-state index contributed by atoms with van der Waals surface area (Å²) in [5, 5.41) is 0.472. The Labute approximate surface area is 172 Å². The number of ether oxygens (including phenoxy) is 1. The molecule has 0 aliphatic rings. The summed E-state index contributed by atoms with van der Waals surface area (Å²) in [6, 6.07) is 10.8. The van der Waals surface area contributed by atoms with Crippen LogP contribution in [0.3, 0.4) is 0 Å². The summed E-state index contributed by atoms with van der Waals surface area (Å²) in [4.78, 5) is 17.6. The van der Waals surface area contributed by atoms with Gasteiger partial charge in [0.15, 0.2) is 5.65 Å². The van der Waals surface area contributed by atoms with Crippen molar-refractivity contribution in [1.82, 2.24) is 24.5 Å². The molecular weight excluding hydrogens is 390 g/mol. The zero-order valence-corrected chi connectivity index (χ0v) is 16.8. The maximum Gasteiger partial charge on any atom is 0.232 e. The molecule has 0 bridgehead atoms. The zero-order chi connectivity index (χ0) is 20.5. The fourth-order valence-corrected chi connectivity index (χ4v) is 3.32. The number of rotatable bonds is 5. The fourth-order valence-electron chi connectivity index (χ4n) is 3.16. The molecule has 8 nitrogen and oxygen atoms in total. The number of halogens is 1. The molecule has 0 fully saturated rings. The summed E-state index contributed by atoms with van der Waals surface area (Å²) in [5.74, 6) is 1.93. The fraction of sp³-hybridized carbons (Fsp3) is 0.200. The van der Waals surface area contributed by atoms with E-state index in [-0.39, 0.29) is 6.10 Å². The number of fused-ring (bicyclic) bond motifs is 1. The van der Waals surface area contributed by atoms with Crippen LogP contribution in [0.5, 0.6) is 5.88 Å². The van der Waals surface area contributed by atoms with Gasteiger partial charge in [-0.05, 0) is 50.2 Å². The second-order valence-electron chi connectivity index (χ2n) is 6.73. The molecule has 0 saturated heterocycles. The summed E-state index contributed by atoms with van der Waals surface area (Å²) < 4.78 is 7.92. The number of aromatic nitrogens is 5.